The van der Waals surface area contributed by atoms with Gasteiger partial charge in [0.1, 0.15) is 10.7 Å². The largest absolute Gasteiger partial charge is 0.433 e. The quantitative estimate of drug-likeness (QED) is 0.458. The molecule has 4 rings (SSSR count). The summed E-state index contributed by atoms with van der Waals surface area (Å²) >= 11 is 1.45. The van der Waals surface area contributed by atoms with Crippen molar-refractivity contribution < 1.29 is 17.9 Å². The first-order valence-electron chi connectivity index (χ1n) is 10.1. The Labute approximate surface area is 188 Å². The predicted molar refractivity (Wildman–Crippen MR) is 118 cm³/mol. The SMILES string of the molecule is N#Cc1cccc(/C(=N/CC2(c3nc(-c4ccccc4)cs3)CCOCC2)C(F)(F)F)c1. The van der Waals surface area contributed by atoms with Gasteiger partial charge in [-0.15, -0.1) is 11.3 Å². The third kappa shape index (κ3) is 4.74. The van der Waals surface area contributed by atoms with Gasteiger partial charge in [-0.3, -0.25) is 4.99 Å². The van der Waals surface area contributed by atoms with Gasteiger partial charge in [0, 0.05) is 35.1 Å². The highest BCUT2D eigenvalue weighted by Gasteiger charge is 2.41. The van der Waals surface area contributed by atoms with Crippen molar-refractivity contribution in [2.45, 2.75) is 24.4 Å². The number of hydrogen-bond acceptors (Lipinski definition) is 5. The summed E-state index contributed by atoms with van der Waals surface area (Å²) in [5.74, 6) is 0. The molecule has 0 atom stereocenters. The molecule has 32 heavy (non-hydrogen) atoms. The number of alkyl halides is 3. The maximum absolute atomic E-state index is 13.9. The highest BCUT2D eigenvalue weighted by atomic mass is 32.1. The Kier molecular flexibility index (Phi) is 6.40. The maximum Gasteiger partial charge on any atom is 0.433 e. The lowest BCUT2D eigenvalue weighted by atomic mass is 9.80. The summed E-state index contributed by atoms with van der Waals surface area (Å²) in [5.41, 5.74) is 0.221. The fourth-order valence-electron chi connectivity index (χ4n) is 3.77. The molecular weight excluding hydrogens is 435 g/mol. The Morgan fingerprint density at radius 3 is 2.56 bits per heavy atom. The first-order chi connectivity index (χ1) is 15.4. The Bertz CT molecular complexity index is 1140. The molecule has 0 amide bonds. The second-order valence-corrected chi connectivity index (χ2v) is 8.51. The van der Waals surface area contributed by atoms with E-state index in [-0.39, 0.29) is 17.7 Å². The van der Waals surface area contributed by atoms with Crippen LogP contribution in [0.1, 0.15) is 29.0 Å². The molecular formula is C24H20F3N3OS. The minimum absolute atomic E-state index is 0.0519. The predicted octanol–water partition coefficient (Wildman–Crippen LogP) is 5.78. The Morgan fingerprint density at radius 2 is 1.88 bits per heavy atom. The second-order valence-electron chi connectivity index (χ2n) is 7.65. The molecule has 2 aromatic carbocycles. The number of aromatic nitrogens is 1. The lowest BCUT2D eigenvalue weighted by Crippen LogP contribution is -2.38. The molecule has 0 unspecified atom stereocenters. The van der Waals surface area contributed by atoms with Crippen LogP contribution in [0.4, 0.5) is 13.2 Å². The van der Waals surface area contributed by atoms with Crippen molar-refractivity contribution >= 4 is 17.0 Å². The topological polar surface area (TPSA) is 58.3 Å². The van der Waals surface area contributed by atoms with Gasteiger partial charge in [0.15, 0.2) is 0 Å². The van der Waals surface area contributed by atoms with Crippen LogP contribution >= 0.6 is 11.3 Å². The molecule has 1 aromatic heterocycles. The van der Waals surface area contributed by atoms with E-state index >= 15 is 0 Å². The van der Waals surface area contributed by atoms with E-state index in [2.05, 4.69) is 4.99 Å². The molecule has 4 nitrogen and oxygen atoms in total. The van der Waals surface area contributed by atoms with Crippen LogP contribution in [0.3, 0.4) is 0 Å². The number of hydrogen-bond donors (Lipinski definition) is 0. The third-order valence-electron chi connectivity index (χ3n) is 5.55. The average Bonchev–Trinajstić information content (AvgIpc) is 3.31. The number of thiazole rings is 1. The van der Waals surface area contributed by atoms with Gasteiger partial charge in [0.2, 0.25) is 0 Å². The molecule has 8 heteroatoms. The molecule has 2 heterocycles. The zero-order chi connectivity index (χ0) is 22.6. The van der Waals surface area contributed by atoms with E-state index in [4.69, 9.17) is 15.0 Å². The van der Waals surface area contributed by atoms with Gasteiger partial charge in [-0.25, -0.2) is 4.98 Å². The Morgan fingerprint density at radius 1 is 1.12 bits per heavy atom. The molecule has 1 fully saturated rings. The maximum atomic E-state index is 13.9. The second kappa shape index (κ2) is 9.23. The van der Waals surface area contributed by atoms with Gasteiger partial charge in [-0.2, -0.15) is 18.4 Å². The summed E-state index contributed by atoms with van der Waals surface area (Å²) in [6, 6.07) is 17.0. The smallest absolute Gasteiger partial charge is 0.381 e. The summed E-state index contributed by atoms with van der Waals surface area (Å²) in [6.07, 6.45) is -3.55. The molecule has 0 bridgehead atoms. The Balaban J connectivity index is 1.71. The third-order valence-corrected chi connectivity index (χ3v) is 6.64. The van der Waals surface area contributed by atoms with E-state index in [1.54, 1.807) is 0 Å². The van der Waals surface area contributed by atoms with E-state index in [1.165, 1.54) is 35.6 Å². The molecule has 1 aliphatic rings. The van der Waals surface area contributed by atoms with Crippen LogP contribution in [0.2, 0.25) is 0 Å². The number of rotatable bonds is 5. The summed E-state index contributed by atoms with van der Waals surface area (Å²) in [4.78, 5) is 8.87. The summed E-state index contributed by atoms with van der Waals surface area (Å²) < 4.78 is 47.2. The number of aliphatic imine (C=N–C) groups is 1. The van der Waals surface area contributed by atoms with Gasteiger partial charge in [-0.05, 0) is 25.0 Å². The van der Waals surface area contributed by atoms with Crippen molar-refractivity contribution in [1.82, 2.24) is 4.98 Å². The van der Waals surface area contributed by atoms with Crippen LogP contribution in [0.25, 0.3) is 11.3 Å². The monoisotopic (exact) mass is 455 g/mol. The van der Waals surface area contributed by atoms with Crippen LogP contribution in [-0.2, 0) is 10.2 Å². The highest BCUT2D eigenvalue weighted by Crippen LogP contribution is 2.39. The van der Waals surface area contributed by atoms with Gasteiger partial charge >= 0.3 is 6.18 Å². The molecule has 1 saturated heterocycles. The molecule has 0 saturated carbocycles. The Hall–Kier alpha value is -3.02. The lowest BCUT2D eigenvalue weighted by Gasteiger charge is -2.34. The molecule has 0 aliphatic carbocycles. The molecule has 1 aliphatic heterocycles. The van der Waals surface area contributed by atoms with E-state index in [9.17, 15) is 13.2 Å². The standard InChI is InChI=1S/C24H20F3N3OS/c25-24(26,27)21(19-8-4-5-17(13-19)14-28)29-16-23(9-11-31-12-10-23)22-30-20(15-32-22)18-6-2-1-3-7-18/h1-8,13,15H,9-12,16H2/b29-21-. The van der Waals surface area contributed by atoms with E-state index in [1.807, 2.05) is 41.8 Å². The molecule has 3 aromatic rings. The first-order valence-corrected chi connectivity index (χ1v) is 11.0. The summed E-state index contributed by atoms with van der Waals surface area (Å²) in [5, 5.41) is 11.8. The lowest BCUT2D eigenvalue weighted by molar-refractivity contribution is -0.0584. The van der Waals surface area contributed by atoms with Crippen LogP contribution in [0.15, 0.2) is 65.0 Å². The van der Waals surface area contributed by atoms with Crippen molar-refractivity contribution in [3.63, 3.8) is 0 Å². The highest BCUT2D eigenvalue weighted by molar-refractivity contribution is 7.10. The minimum atomic E-state index is -4.64. The van der Waals surface area contributed by atoms with E-state index < -0.39 is 17.3 Å². The van der Waals surface area contributed by atoms with Crippen LogP contribution in [0, 0.1) is 11.3 Å². The van der Waals surface area contributed by atoms with Gasteiger partial charge < -0.3 is 4.74 Å². The van der Waals surface area contributed by atoms with E-state index in [0.29, 0.717) is 26.1 Å². The molecule has 0 N–H and O–H groups in total. The number of benzene rings is 2. The van der Waals surface area contributed by atoms with Crippen molar-refractivity contribution in [1.29, 1.82) is 5.26 Å². The van der Waals surface area contributed by atoms with Crippen LogP contribution in [0.5, 0.6) is 0 Å². The number of nitrogens with zero attached hydrogens (tertiary/aromatic N) is 3. The minimum Gasteiger partial charge on any atom is -0.381 e. The zero-order valence-electron chi connectivity index (χ0n) is 17.1. The van der Waals surface area contributed by atoms with Crippen LogP contribution < -0.4 is 0 Å². The van der Waals surface area contributed by atoms with Crippen molar-refractivity contribution in [3.8, 4) is 17.3 Å². The van der Waals surface area contributed by atoms with Crippen molar-refractivity contribution in [2.24, 2.45) is 4.99 Å². The zero-order valence-corrected chi connectivity index (χ0v) is 17.9. The van der Waals surface area contributed by atoms with Gasteiger partial charge in [-0.1, -0.05) is 42.5 Å². The normalized spacial score (nSPS) is 16.5. The average molecular weight is 456 g/mol. The van der Waals surface area contributed by atoms with Crippen molar-refractivity contribution in [2.75, 3.05) is 19.8 Å². The number of halogens is 3. The molecule has 0 radical (unpaired) electrons. The van der Waals surface area contributed by atoms with Gasteiger partial charge in [0.05, 0.1) is 23.9 Å². The fourth-order valence-corrected chi connectivity index (χ4v) is 4.85. The summed E-state index contributed by atoms with van der Waals surface area (Å²) in [7, 11) is 0. The number of ether oxygens (including phenoxy) is 1. The van der Waals surface area contributed by atoms with Gasteiger partial charge in [0.25, 0.3) is 0 Å². The molecule has 0 spiro atoms. The van der Waals surface area contributed by atoms with Crippen LogP contribution in [-0.4, -0.2) is 36.6 Å². The summed E-state index contributed by atoms with van der Waals surface area (Å²) in [6.45, 7) is 0.839. The number of nitriles is 1. The molecule has 164 valence electrons. The fraction of sp³-hybridized carbons (Fsp3) is 0.292. The van der Waals surface area contributed by atoms with E-state index in [0.717, 1.165) is 16.3 Å². The van der Waals surface area contributed by atoms with Crippen molar-refractivity contribution in [3.05, 3.63) is 76.1 Å². The first kappa shape index (κ1) is 22.2.